The Kier molecular flexibility index (Phi) is 31.3. The number of nitrogens with zero attached hydrogens (tertiary/aromatic N) is 6. The molecule has 2 aromatic carbocycles. The number of aromatic nitrogens is 3. The molecule has 1 N–H and O–H groups in total. The Morgan fingerprint density at radius 2 is 1.23 bits per heavy atom. The van der Waals surface area contributed by atoms with Crippen molar-refractivity contribution in [2.45, 2.75) is 257 Å². The number of rotatable bonds is 20. The molecule has 7 heterocycles. The molecule has 1 amide bonds. The van der Waals surface area contributed by atoms with E-state index in [0.29, 0.717) is 24.8 Å². The van der Waals surface area contributed by atoms with Crippen LogP contribution in [0.3, 0.4) is 0 Å². The average Bonchev–Trinajstić information content (AvgIpc) is 1.57. The molecule has 0 spiro atoms. The topological polar surface area (TPSA) is 316 Å². The van der Waals surface area contributed by atoms with Crippen molar-refractivity contribution in [1.29, 1.82) is 0 Å². The molecule has 0 saturated carbocycles. The third-order valence-corrected chi connectivity index (χ3v) is 24.0. The fourth-order valence-electron chi connectivity index (χ4n) is 17.3. The lowest BCUT2D eigenvalue weighted by Crippen LogP contribution is -2.60. The fraction of sp³-hybridized carbons (Fsp3) is 0.621. The van der Waals surface area contributed by atoms with Gasteiger partial charge in [-0.05, 0) is 188 Å². The van der Waals surface area contributed by atoms with Gasteiger partial charge in [0.15, 0.2) is 47.2 Å². The van der Waals surface area contributed by atoms with Crippen molar-refractivity contribution >= 4 is 64.1 Å². The van der Waals surface area contributed by atoms with Crippen LogP contribution in [-0.2, 0) is 87.3 Å². The molecule has 114 heavy (non-hydrogen) atoms. The first-order valence-corrected chi connectivity index (χ1v) is 39.9. The van der Waals surface area contributed by atoms with Crippen molar-refractivity contribution in [3.05, 3.63) is 134 Å². The van der Waals surface area contributed by atoms with E-state index in [9.17, 15) is 48.3 Å². The molecule has 4 saturated heterocycles. The number of benzene rings is 2. The Morgan fingerprint density at radius 3 is 1.78 bits per heavy atom. The lowest BCUT2D eigenvalue weighted by atomic mass is 9.72. The van der Waals surface area contributed by atoms with Crippen molar-refractivity contribution in [2.75, 3.05) is 49.0 Å². The molecule has 5 aliphatic rings. The zero-order valence-electron chi connectivity index (χ0n) is 70.1. The van der Waals surface area contributed by atoms with Crippen LogP contribution in [0.25, 0.3) is 10.9 Å². The molecule has 9 rings (SSSR count). The Balaban J connectivity index is 0.000000286. The Morgan fingerprint density at radius 1 is 0.675 bits per heavy atom. The SMILES string of the molecule is C=C[C@]1(OC(=O)n2ccnc2)/C=C(\C)C(=O)[C@H](C)C[C@](C)(OC)[C@H](OC2O[C@H](C)C[C@H](N(C)C)[C@H]2OC(=O)c2ccccc2)[C@@H](C)C(=O)[C@@H](C)C(=O)O[C@@H]1CC.C=C[C@]12OC(=O)N(CCCCc3ccnc4ccccc34)[C@@H]1[C@@H](C)C(=O)[C@H](C)C[C@](C)(OC)[C@H](OC1O[C@H](C)C[C@H](N(C)C)[C@H]1O)[C@@H](C)C(=O)[C@@H](C)C(=O)O[C@@H]2CC. The van der Waals surface area contributed by atoms with Gasteiger partial charge in [-0.25, -0.2) is 23.9 Å². The van der Waals surface area contributed by atoms with Crippen molar-refractivity contribution < 1.29 is 100 Å². The summed E-state index contributed by atoms with van der Waals surface area (Å²) in [6.07, 6.45) is 2.96. The summed E-state index contributed by atoms with van der Waals surface area (Å²) < 4.78 is 69.9. The number of aliphatic hydroxyl groups excluding tert-OH is 1. The van der Waals surface area contributed by atoms with Gasteiger partial charge < -0.3 is 67.0 Å². The van der Waals surface area contributed by atoms with Crippen LogP contribution in [0.5, 0.6) is 0 Å². The van der Waals surface area contributed by atoms with E-state index < -0.39 is 161 Å². The number of pyridine rings is 1. The summed E-state index contributed by atoms with van der Waals surface area (Å²) in [4.78, 5) is 140. The summed E-state index contributed by atoms with van der Waals surface area (Å²) in [6, 6.07) is 17.1. The molecule has 0 aliphatic carbocycles. The number of Topliss-reactive ketones (excluding diaryl/α,β-unsaturated/α-hetero) is 4. The van der Waals surface area contributed by atoms with E-state index in [1.807, 2.05) is 76.1 Å². The highest BCUT2D eigenvalue weighted by Gasteiger charge is 2.62. The third kappa shape index (κ3) is 20.0. The van der Waals surface area contributed by atoms with Crippen LogP contribution in [0.2, 0.25) is 0 Å². The minimum absolute atomic E-state index is 0.0512. The predicted molar refractivity (Wildman–Crippen MR) is 424 cm³/mol. The van der Waals surface area contributed by atoms with E-state index in [4.69, 9.17) is 52.1 Å². The molecule has 4 aromatic rings. The number of hydrogen-bond acceptors (Lipinski definition) is 25. The number of esters is 3. The number of hydrogen-bond donors (Lipinski definition) is 1. The average molecular weight is 1590 g/mol. The molecule has 2 unspecified atom stereocenters. The van der Waals surface area contributed by atoms with Crippen LogP contribution in [0, 0.1) is 41.4 Å². The summed E-state index contributed by atoms with van der Waals surface area (Å²) >= 11 is 0. The number of allylic oxidation sites excluding steroid dienone is 1. The molecular formula is C87H122N6O21. The van der Waals surface area contributed by atoms with Crippen LogP contribution in [0.15, 0.2) is 123 Å². The van der Waals surface area contributed by atoms with Crippen LogP contribution >= 0.6 is 0 Å². The maximum Gasteiger partial charge on any atom is 0.420 e. The highest BCUT2D eigenvalue weighted by Crippen LogP contribution is 2.46. The number of ether oxygens (including phenoxy) is 11. The maximum absolute atomic E-state index is 14.8. The Labute approximate surface area is 671 Å². The fourth-order valence-corrected chi connectivity index (χ4v) is 17.3. The van der Waals surface area contributed by atoms with Gasteiger partial charge in [0.05, 0.1) is 58.8 Å². The second-order valence-electron chi connectivity index (χ2n) is 32.5. The number of para-hydroxylation sites is 1. The van der Waals surface area contributed by atoms with Crippen molar-refractivity contribution in [3.8, 4) is 0 Å². The number of amides is 1. The predicted octanol–water partition coefficient (Wildman–Crippen LogP) is 11.5. The second kappa shape index (κ2) is 39.1. The lowest BCUT2D eigenvalue weighted by molar-refractivity contribution is -0.295. The van der Waals surface area contributed by atoms with Gasteiger partial charge in [0.1, 0.15) is 42.3 Å². The van der Waals surface area contributed by atoms with E-state index in [1.165, 1.54) is 65.0 Å². The summed E-state index contributed by atoms with van der Waals surface area (Å²) in [5.41, 5.74) is -3.39. The van der Waals surface area contributed by atoms with E-state index >= 15 is 0 Å². The van der Waals surface area contributed by atoms with Gasteiger partial charge in [-0.3, -0.25) is 38.7 Å². The smallest absolute Gasteiger partial charge is 0.420 e. The summed E-state index contributed by atoms with van der Waals surface area (Å²) in [7, 11) is 10.4. The largest absolute Gasteiger partial charge is 0.457 e. The van der Waals surface area contributed by atoms with Gasteiger partial charge in [0, 0.05) is 80.4 Å². The Bertz CT molecular complexity index is 4050. The van der Waals surface area contributed by atoms with Gasteiger partial charge in [-0.2, -0.15) is 0 Å². The first kappa shape index (κ1) is 91.3. The summed E-state index contributed by atoms with van der Waals surface area (Å²) in [6.45, 7) is 32.2. The number of methoxy groups -OCH3 is 2. The zero-order chi connectivity index (χ0) is 84.2. The minimum atomic E-state index is -1.80. The molecular weight excluding hydrogens is 1460 g/mol. The number of carbonyl (C=O) groups excluding carboxylic acids is 9. The maximum atomic E-state index is 14.8. The van der Waals surface area contributed by atoms with Crippen LogP contribution in [0.1, 0.15) is 164 Å². The van der Waals surface area contributed by atoms with E-state index in [2.05, 4.69) is 29.2 Å². The number of unbranched alkanes of at least 4 members (excludes halogenated alkanes) is 1. The first-order valence-electron chi connectivity index (χ1n) is 39.9. The van der Waals surface area contributed by atoms with Crippen LogP contribution in [-0.4, -0.2) is 238 Å². The number of carbonyl (C=O) groups is 9. The number of fused-ring (bicyclic) bond motifs is 2. The normalized spacial score (nSPS) is 35.6. The number of cyclic esters (lactones) is 2. The molecule has 0 bridgehead atoms. The van der Waals surface area contributed by atoms with Crippen LogP contribution < -0.4 is 0 Å². The third-order valence-electron chi connectivity index (χ3n) is 24.0. The van der Waals surface area contributed by atoms with E-state index in [-0.39, 0.29) is 73.7 Å². The highest BCUT2D eigenvalue weighted by molar-refractivity contribution is 6.01. The van der Waals surface area contributed by atoms with Gasteiger partial charge in [0.2, 0.25) is 0 Å². The van der Waals surface area contributed by atoms with E-state index in [1.54, 1.807) is 111 Å². The lowest BCUT2D eigenvalue weighted by Gasteiger charge is -2.47. The molecule has 626 valence electrons. The highest BCUT2D eigenvalue weighted by atomic mass is 16.7. The molecule has 5 aliphatic heterocycles. The second-order valence-corrected chi connectivity index (χ2v) is 32.5. The minimum Gasteiger partial charge on any atom is -0.457 e. The number of aliphatic hydroxyl groups is 1. The number of likely N-dealkylation sites (N-methyl/N-ethyl adjacent to an activating group) is 2. The van der Waals surface area contributed by atoms with Gasteiger partial charge in [0.25, 0.3) is 0 Å². The number of aryl methyl sites for hydroxylation is 1. The first-order chi connectivity index (χ1) is 53.8. The van der Waals surface area contributed by atoms with Gasteiger partial charge >= 0.3 is 30.1 Å². The molecule has 4 fully saturated rings. The number of ketones is 4. The Hall–Kier alpha value is -8.25. The number of imidazole rings is 1. The van der Waals surface area contributed by atoms with Crippen molar-refractivity contribution in [3.63, 3.8) is 0 Å². The molecule has 24 atom stereocenters. The van der Waals surface area contributed by atoms with Gasteiger partial charge in [-0.1, -0.05) is 98.0 Å². The monoisotopic (exact) mass is 1590 g/mol. The van der Waals surface area contributed by atoms with Crippen LogP contribution in [0.4, 0.5) is 9.59 Å². The zero-order valence-corrected chi connectivity index (χ0v) is 70.1. The van der Waals surface area contributed by atoms with Crippen molar-refractivity contribution in [1.82, 2.24) is 29.2 Å². The van der Waals surface area contributed by atoms with Crippen molar-refractivity contribution in [2.24, 2.45) is 41.4 Å². The van der Waals surface area contributed by atoms with Gasteiger partial charge in [-0.15, -0.1) is 0 Å². The molecule has 0 radical (unpaired) electrons. The molecule has 2 aromatic heterocycles. The quantitative estimate of drug-likeness (QED) is 0.0282. The molecule has 27 heteroatoms. The van der Waals surface area contributed by atoms with E-state index in [0.717, 1.165) is 33.9 Å². The standard InChI is InChI=1S/C45H65N3O10.C42H57N3O11/c1-12-35-45(13-2)39(48(43(53)58-45)23-17-16-18-31-21-22-46-33-20-15-14-19-32(31)33)28(5)36(49)26(3)25-44(8,54-11)40(29(6)37(50)30(7)41(52)56-35)57-42-38(51)34(47(9)10)24-27(4)55-42;1-12-32-42(13-2,56-40(50)45-20-19-43-24-45)23-26(4)33(46)25(3)22-41(8,51-11)36(28(6)34(47)29(7)37(48)53-32)55-39-35(31(44(9)10)21-27(5)52-39)54-38(49)30-17-15-14-16-18-30/h13-15,19-22,26-30,34-35,38-40,42,51H,2,12,16-18,23-25H2,1,3-11H3;13-20,23-25,27-29,31-32,35-36,39H,2,12,21-22H2,1,3-11H3/b;26-23+/t26-,27-,28+,29+,30-,34+,35-,38-,39-,40-,42?,44+,45-;25-,27-,28+,29-,31+,32-,35-,36-,39?,41+,42+/m11/s1. The summed E-state index contributed by atoms with van der Waals surface area (Å²) in [5.74, 6) is -10.6. The molecule has 27 nitrogen and oxygen atoms in total. The summed E-state index contributed by atoms with van der Waals surface area (Å²) in [5, 5.41) is 12.5.